The van der Waals surface area contributed by atoms with E-state index in [1.54, 1.807) is 0 Å². The first-order valence-corrected chi connectivity index (χ1v) is 14.4. The summed E-state index contributed by atoms with van der Waals surface area (Å²) in [5, 5.41) is 0. The summed E-state index contributed by atoms with van der Waals surface area (Å²) in [6.07, 6.45) is 0. The topological polar surface area (TPSA) is 44.2 Å². The molecule has 0 aliphatic carbocycles. The van der Waals surface area contributed by atoms with Crippen LogP contribution in [-0.4, -0.2) is 9.97 Å². The van der Waals surface area contributed by atoms with Gasteiger partial charge in [0.2, 0.25) is 0 Å². The minimum Gasteiger partial charge on any atom is -0.457 e. The molecule has 2 aliphatic rings. The van der Waals surface area contributed by atoms with Crippen molar-refractivity contribution >= 4 is 11.0 Å². The van der Waals surface area contributed by atoms with Gasteiger partial charge in [-0.3, -0.25) is 0 Å². The summed E-state index contributed by atoms with van der Waals surface area (Å²) >= 11 is 0. The Balaban J connectivity index is 1.34. The van der Waals surface area contributed by atoms with Crippen molar-refractivity contribution in [1.82, 2.24) is 9.97 Å². The average molecular weight is 553 g/mol. The molecular weight excluding hydrogens is 528 g/mol. The molecule has 4 nitrogen and oxygen atoms in total. The maximum absolute atomic E-state index is 6.75. The Hall–Kier alpha value is -5.74. The molecule has 0 saturated heterocycles. The first-order chi connectivity index (χ1) is 21.3. The van der Waals surface area contributed by atoms with Gasteiger partial charge in [0, 0.05) is 22.3 Å². The molecule has 3 heterocycles. The third kappa shape index (κ3) is 3.44. The standard InChI is InChI=1S/C39H24N2O2/c1-3-12-25(13-4-1)37-38(41-31-18-9-8-17-30(31)40-37)26-22-23-29-35(24-26)43-34-21-11-20-33-36(34)39(29,27-14-5-2-6-15-27)28-16-7-10-19-32(28)42-33/h1-24H. The highest BCUT2D eigenvalue weighted by molar-refractivity contribution is 5.87. The second kappa shape index (κ2) is 9.13. The number of hydrogen-bond donors (Lipinski definition) is 0. The van der Waals surface area contributed by atoms with Crippen molar-refractivity contribution < 1.29 is 9.47 Å². The predicted octanol–water partition coefficient (Wildman–Crippen LogP) is 9.56. The van der Waals surface area contributed by atoms with Gasteiger partial charge in [0.15, 0.2) is 0 Å². The number of fused-ring (bicyclic) bond motifs is 5. The monoisotopic (exact) mass is 552 g/mol. The average Bonchev–Trinajstić information content (AvgIpc) is 3.08. The molecule has 202 valence electrons. The van der Waals surface area contributed by atoms with E-state index in [0.717, 1.165) is 78.8 Å². The zero-order valence-corrected chi connectivity index (χ0v) is 23.1. The molecule has 0 bridgehead atoms. The van der Waals surface area contributed by atoms with Crippen LogP contribution in [0.5, 0.6) is 23.0 Å². The molecule has 4 heteroatoms. The molecule has 6 aromatic carbocycles. The molecule has 0 amide bonds. The van der Waals surface area contributed by atoms with Crippen LogP contribution in [-0.2, 0) is 5.41 Å². The second-order valence-corrected chi connectivity index (χ2v) is 10.9. The largest absolute Gasteiger partial charge is 0.457 e. The molecule has 1 atom stereocenters. The molecule has 0 saturated carbocycles. The Morgan fingerprint density at radius 1 is 0.419 bits per heavy atom. The number of aromatic nitrogens is 2. The smallest absolute Gasteiger partial charge is 0.135 e. The summed E-state index contributed by atoms with van der Waals surface area (Å²) in [6, 6.07) is 49.8. The highest BCUT2D eigenvalue weighted by Crippen LogP contribution is 2.62. The summed E-state index contributed by atoms with van der Waals surface area (Å²) in [4.78, 5) is 10.2. The van der Waals surface area contributed by atoms with Crippen molar-refractivity contribution in [3.05, 3.63) is 168 Å². The zero-order chi connectivity index (χ0) is 28.4. The van der Waals surface area contributed by atoms with E-state index in [9.17, 15) is 0 Å². The number of nitrogens with zero attached hydrogens (tertiary/aromatic N) is 2. The highest BCUT2D eigenvalue weighted by atomic mass is 16.5. The van der Waals surface area contributed by atoms with E-state index in [-0.39, 0.29) is 0 Å². The van der Waals surface area contributed by atoms with Crippen LogP contribution >= 0.6 is 0 Å². The van der Waals surface area contributed by atoms with Gasteiger partial charge in [0.25, 0.3) is 0 Å². The van der Waals surface area contributed by atoms with Crippen molar-refractivity contribution in [3.8, 4) is 45.5 Å². The minimum atomic E-state index is -0.620. The molecule has 0 spiro atoms. The van der Waals surface area contributed by atoms with Crippen molar-refractivity contribution in [2.24, 2.45) is 0 Å². The maximum Gasteiger partial charge on any atom is 0.135 e. The zero-order valence-electron chi connectivity index (χ0n) is 23.1. The summed E-state index contributed by atoms with van der Waals surface area (Å²) in [6.45, 7) is 0. The van der Waals surface area contributed by atoms with Gasteiger partial charge in [-0.05, 0) is 42.0 Å². The van der Waals surface area contributed by atoms with E-state index < -0.39 is 5.41 Å². The normalized spacial score (nSPS) is 15.9. The molecule has 43 heavy (non-hydrogen) atoms. The van der Waals surface area contributed by atoms with E-state index in [0.29, 0.717) is 0 Å². The van der Waals surface area contributed by atoms with Crippen LogP contribution in [0.15, 0.2) is 146 Å². The van der Waals surface area contributed by atoms with Crippen molar-refractivity contribution in [3.63, 3.8) is 0 Å². The lowest BCUT2D eigenvalue weighted by atomic mass is 9.62. The van der Waals surface area contributed by atoms with Gasteiger partial charge in [0.05, 0.1) is 33.4 Å². The third-order valence-electron chi connectivity index (χ3n) is 8.58. The number of benzene rings is 6. The first kappa shape index (κ1) is 23.9. The summed E-state index contributed by atoms with van der Waals surface area (Å²) < 4.78 is 13.2. The van der Waals surface area contributed by atoms with Crippen LogP contribution in [0, 0.1) is 0 Å². The highest BCUT2D eigenvalue weighted by Gasteiger charge is 2.51. The molecule has 0 radical (unpaired) electrons. The van der Waals surface area contributed by atoms with Gasteiger partial charge in [-0.1, -0.05) is 109 Å². The van der Waals surface area contributed by atoms with Crippen LogP contribution in [0.2, 0.25) is 0 Å². The summed E-state index contributed by atoms with van der Waals surface area (Å²) in [5.41, 5.74) is 9.05. The molecule has 2 aliphatic heterocycles. The van der Waals surface area contributed by atoms with Crippen LogP contribution in [0.25, 0.3) is 33.5 Å². The van der Waals surface area contributed by atoms with Gasteiger partial charge < -0.3 is 9.47 Å². The fourth-order valence-electron chi connectivity index (χ4n) is 6.77. The number of rotatable bonds is 3. The van der Waals surface area contributed by atoms with E-state index in [4.69, 9.17) is 19.4 Å². The molecule has 1 aromatic heterocycles. The van der Waals surface area contributed by atoms with Gasteiger partial charge >= 0.3 is 0 Å². The van der Waals surface area contributed by atoms with E-state index >= 15 is 0 Å². The van der Waals surface area contributed by atoms with Crippen LogP contribution in [0.4, 0.5) is 0 Å². The number of hydrogen-bond acceptors (Lipinski definition) is 4. The van der Waals surface area contributed by atoms with Gasteiger partial charge in [0.1, 0.15) is 23.0 Å². The van der Waals surface area contributed by atoms with Gasteiger partial charge in [-0.15, -0.1) is 0 Å². The number of ether oxygens (including phenoxy) is 2. The lowest BCUT2D eigenvalue weighted by Crippen LogP contribution is -2.36. The fraction of sp³-hybridized carbons (Fsp3) is 0.0256. The molecule has 7 aromatic rings. The van der Waals surface area contributed by atoms with E-state index in [1.165, 1.54) is 0 Å². The number of para-hydroxylation sites is 3. The second-order valence-electron chi connectivity index (χ2n) is 10.9. The Kier molecular flexibility index (Phi) is 5.08. The van der Waals surface area contributed by atoms with Gasteiger partial charge in [-0.2, -0.15) is 0 Å². The molecule has 1 unspecified atom stereocenters. The fourth-order valence-corrected chi connectivity index (χ4v) is 6.77. The molecule has 0 fully saturated rings. The SMILES string of the molecule is c1ccc(-c2nc3ccccc3nc2-c2ccc3c(c2)Oc2cccc4c2C3(c2ccccc2)c2ccccc2O4)cc1. The first-order valence-electron chi connectivity index (χ1n) is 14.4. The van der Waals surface area contributed by atoms with Crippen LogP contribution < -0.4 is 9.47 Å². The van der Waals surface area contributed by atoms with Crippen molar-refractivity contribution in [2.75, 3.05) is 0 Å². The van der Waals surface area contributed by atoms with E-state index in [1.807, 2.05) is 66.7 Å². The van der Waals surface area contributed by atoms with Gasteiger partial charge in [-0.25, -0.2) is 9.97 Å². The van der Waals surface area contributed by atoms with E-state index in [2.05, 4.69) is 78.9 Å². The van der Waals surface area contributed by atoms with Crippen LogP contribution in [0.3, 0.4) is 0 Å². The lowest BCUT2D eigenvalue weighted by Gasteiger charge is -2.45. The molecular formula is C39H24N2O2. The Morgan fingerprint density at radius 2 is 0.977 bits per heavy atom. The Bertz CT molecular complexity index is 2190. The summed E-state index contributed by atoms with van der Waals surface area (Å²) in [5.74, 6) is 3.23. The molecule has 9 rings (SSSR count). The predicted molar refractivity (Wildman–Crippen MR) is 169 cm³/mol. The quantitative estimate of drug-likeness (QED) is 0.219. The lowest BCUT2D eigenvalue weighted by molar-refractivity contribution is 0.385. The minimum absolute atomic E-state index is 0.620. The Morgan fingerprint density at radius 3 is 1.72 bits per heavy atom. The molecule has 0 N–H and O–H groups in total. The van der Waals surface area contributed by atoms with Crippen molar-refractivity contribution in [1.29, 1.82) is 0 Å². The van der Waals surface area contributed by atoms with Crippen molar-refractivity contribution in [2.45, 2.75) is 5.41 Å². The third-order valence-corrected chi connectivity index (χ3v) is 8.58. The van der Waals surface area contributed by atoms with Crippen LogP contribution in [0.1, 0.15) is 22.3 Å². The Labute approximate surface area is 248 Å². The summed E-state index contributed by atoms with van der Waals surface area (Å²) in [7, 11) is 0. The maximum atomic E-state index is 6.75.